The molecule has 1 aliphatic rings. The van der Waals surface area contributed by atoms with Crippen LogP contribution in [0.2, 0.25) is 0 Å². The molecule has 1 fully saturated rings. The van der Waals surface area contributed by atoms with Gasteiger partial charge in [-0.1, -0.05) is 34.5 Å². The fraction of sp³-hybridized carbons (Fsp3) is 0.571. The van der Waals surface area contributed by atoms with Crippen LogP contribution in [0.15, 0.2) is 28.7 Å². The van der Waals surface area contributed by atoms with E-state index in [0.29, 0.717) is 10.8 Å². The maximum absolute atomic E-state index is 3.68. The standard InChI is InChI=1S/C14H20BrNS/c1-11(12-4-6-13(15)7-5-12)16-10-14(17-2)8-3-9-14/h4-7,11,16H,3,8-10H2,1-2H3. The molecule has 1 atom stereocenters. The lowest BCUT2D eigenvalue weighted by Crippen LogP contribution is -2.43. The first kappa shape index (κ1) is 13.4. The Morgan fingerprint density at radius 3 is 2.47 bits per heavy atom. The Bertz CT molecular complexity index is 353. The molecule has 0 bridgehead atoms. The second kappa shape index (κ2) is 5.77. The van der Waals surface area contributed by atoms with Crippen molar-refractivity contribution in [2.75, 3.05) is 12.8 Å². The second-order valence-electron chi connectivity index (χ2n) is 4.89. The van der Waals surface area contributed by atoms with E-state index in [2.05, 4.69) is 58.7 Å². The molecule has 1 aromatic carbocycles. The second-order valence-corrected chi connectivity index (χ2v) is 7.08. The molecule has 94 valence electrons. The maximum Gasteiger partial charge on any atom is 0.0292 e. The molecule has 0 heterocycles. The van der Waals surface area contributed by atoms with Gasteiger partial charge in [0.15, 0.2) is 0 Å². The highest BCUT2D eigenvalue weighted by Gasteiger charge is 2.35. The average molecular weight is 314 g/mol. The van der Waals surface area contributed by atoms with Crippen LogP contribution in [0.25, 0.3) is 0 Å². The van der Waals surface area contributed by atoms with Gasteiger partial charge < -0.3 is 5.32 Å². The van der Waals surface area contributed by atoms with Crippen LogP contribution in [0.4, 0.5) is 0 Å². The van der Waals surface area contributed by atoms with Gasteiger partial charge in [0.05, 0.1) is 0 Å². The lowest BCUT2D eigenvalue weighted by molar-refractivity contribution is 0.334. The molecule has 3 heteroatoms. The predicted octanol–water partition coefficient (Wildman–Crippen LogP) is 4.39. The largest absolute Gasteiger partial charge is 0.309 e. The van der Waals surface area contributed by atoms with Crippen molar-refractivity contribution in [2.45, 2.75) is 37.0 Å². The molecule has 0 aromatic heterocycles. The lowest BCUT2D eigenvalue weighted by atomic mass is 9.84. The van der Waals surface area contributed by atoms with Crippen LogP contribution in [-0.2, 0) is 0 Å². The summed E-state index contributed by atoms with van der Waals surface area (Å²) in [5.41, 5.74) is 1.36. The third kappa shape index (κ3) is 3.27. The van der Waals surface area contributed by atoms with E-state index in [1.165, 1.54) is 24.8 Å². The molecule has 0 saturated heterocycles. The Morgan fingerprint density at radius 2 is 2.00 bits per heavy atom. The van der Waals surface area contributed by atoms with Crippen LogP contribution in [-0.4, -0.2) is 17.5 Å². The van der Waals surface area contributed by atoms with E-state index in [-0.39, 0.29) is 0 Å². The van der Waals surface area contributed by atoms with Gasteiger partial charge in [-0.2, -0.15) is 11.8 Å². The summed E-state index contributed by atoms with van der Waals surface area (Å²) in [6.07, 6.45) is 6.38. The smallest absolute Gasteiger partial charge is 0.0292 e. The van der Waals surface area contributed by atoms with Crippen molar-refractivity contribution >= 4 is 27.7 Å². The van der Waals surface area contributed by atoms with E-state index < -0.39 is 0 Å². The van der Waals surface area contributed by atoms with Gasteiger partial charge in [-0.05, 0) is 43.7 Å². The van der Waals surface area contributed by atoms with Crippen LogP contribution < -0.4 is 5.32 Å². The number of halogens is 1. The Kier molecular flexibility index (Phi) is 4.56. The van der Waals surface area contributed by atoms with Crippen LogP contribution in [0, 0.1) is 0 Å². The van der Waals surface area contributed by atoms with Crippen LogP contribution in [0.1, 0.15) is 37.8 Å². The Labute approximate surface area is 117 Å². The van der Waals surface area contributed by atoms with Crippen molar-refractivity contribution in [1.82, 2.24) is 5.32 Å². The molecule has 1 aliphatic carbocycles. The fourth-order valence-electron chi connectivity index (χ4n) is 2.23. The minimum absolute atomic E-state index is 0.438. The van der Waals surface area contributed by atoms with Crippen molar-refractivity contribution in [3.63, 3.8) is 0 Å². The minimum Gasteiger partial charge on any atom is -0.309 e. The van der Waals surface area contributed by atoms with Gasteiger partial charge in [-0.15, -0.1) is 0 Å². The number of rotatable bonds is 5. The summed E-state index contributed by atoms with van der Waals surface area (Å²) in [6, 6.07) is 9.04. The quantitative estimate of drug-likeness (QED) is 0.865. The fourth-order valence-corrected chi connectivity index (χ4v) is 3.42. The van der Waals surface area contributed by atoms with E-state index in [9.17, 15) is 0 Å². The summed E-state index contributed by atoms with van der Waals surface area (Å²) in [6.45, 7) is 3.38. The monoisotopic (exact) mass is 313 g/mol. The highest BCUT2D eigenvalue weighted by atomic mass is 79.9. The van der Waals surface area contributed by atoms with Crippen molar-refractivity contribution < 1.29 is 0 Å². The van der Waals surface area contributed by atoms with Gasteiger partial charge >= 0.3 is 0 Å². The Morgan fingerprint density at radius 1 is 1.35 bits per heavy atom. The Hall–Kier alpha value is 0.01000. The maximum atomic E-state index is 3.68. The molecule has 17 heavy (non-hydrogen) atoms. The van der Waals surface area contributed by atoms with E-state index in [0.717, 1.165) is 11.0 Å². The molecule has 1 unspecified atom stereocenters. The third-order valence-corrected chi connectivity index (χ3v) is 5.75. The molecular weight excluding hydrogens is 294 g/mol. The normalized spacial score (nSPS) is 19.7. The van der Waals surface area contributed by atoms with Crippen molar-refractivity contribution in [3.05, 3.63) is 34.3 Å². The highest BCUT2D eigenvalue weighted by molar-refractivity contribution is 9.10. The topological polar surface area (TPSA) is 12.0 Å². The molecule has 0 amide bonds. The van der Waals surface area contributed by atoms with Crippen molar-refractivity contribution in [1.29, 1.82) is 0 Å². The van der Waals surface area contributed by atoms with E-state index in [1.807, 2.05) is 11.8 Å². The van der Waals surface area contributed by atoms with E-state index >= 15 is 0 Å². The number of nitrogens with one attached hydrogen (secondary N) is 1. The first-order valence-corrected chi connectivity index (χ1v) is 8.21. The molecule has 1 saturated carbocycles. The summed E-state index contributed by atoms with van der Waals surface area (Å²) >= 11 is 5.50. The van der Waals surface area contributed by atoms with Gasteiger partial charge in [0.25, 0.3) is 0 Å². The van der Waals surface area contributed by atoms with Crippen LogP contribution in [0.3, 0.4) is 0 Å². The summed E-state index contributed by atoms with van der Waals surface area (Å²) in [4.78, 5) is 0. The van der Waals surface area contributed by atoms with Gasteiger partial charge in [-0.3, -0.25) is 0 Å². The zero-order chi connectivity index (χ0) is 12.3. The van der Waals surface area contributed by atoms with Crippen molar-refractivity contribution in [2.24, 2.45) is 0 Å². The van der Waals surface area contributed by atoms with Crippen LogP contribution in [0.5, 0.6) is 0 Å². The van der Waals surface area contributed by atoms with E-state index in [4.69, 9.17) is 0 Å². The number of thioether (sulfide) groups is 1. The highest BCUT2D eigenvalue weighted by Crippen LogP contribution is 2.42. The number of benzene rings is 1. The molecule has 2 rings (SSSR count). The summed E-state index contributed by atoms with van der Waals surface area (Å²) in [7, 11) is 0. The Balaban J connectivity index is 1.88. The summed E-state index contributed by atoms with van der Waals surface area (Å²) in [5.74, 6) is 0. The lowest BCUT2D eigenvalue weighted by Gasteiger charge is -2.41. The molecule has 0 spiro atoms. The zero-order valence-corrected chi connectivity index (χ0v) is 12.9. The first-order chi connectivity index (χ1) is 8.15. The molecule has 1 nitrogen and oxygen atoms in total. The van der Waals surface area contributed by atoms with Gasteiger partial charge in [-0.25, -0.2) is 0 Å². The van der Waals surface area contributed by atoms with Gasteiger partial charge in [0.1, 0.15) is 0 Å². The summed E-state index contributed by atoms with van der Waals surface area (Å²) in [5, 5.41) is 3.68. The first-order valence-electron chi connectivity index (χ1n) is 6.19. The molecule has 1 N–H and O–H groups in total. The van der Waals surface area contributed by atoms with Gasteiger partial charge in [0.2, 0.25) is 0 Å². The third-order valence-electron chi connectivity index (χ3n) is 3.80. The molecule has 0 aliphatic heterocycles. The molecule has 0 radical (unpaired) electrons. The molecular formula is C14H20BrNS. The summed E-state index contributed by atoms with van der Waals surface area (Å²) < 4.78 is 1.66. The predicted molar refractivity (Wildman–Crippen MR) is 80.7 cm³/mol. The van der Waals surface area contributed by atoms with E-state index in [1.54, 1.807) is 0 Å². The average Bonchev–Trinajstić information content (AvgIpc) is 2.29. The minimum atomic E-state index is 0.438. The zero-order valence-electron chi connectivity index (χ0n) is 10.5. The van der Waals surface area contributed by atoms with Crippen LogP contribution >= 0.6 is 27.7 Å². The number of hydrogen-bond acceptors (Lipinski definition) is 2. The van der Waals surface area contributed by atoms with Crippen molar-refractivity contribution in [3.8, 4) is 0 Å². The molecule has 1 aromatic rings. The van der Waals surface area contributed by atoms with Gasteiger partial charge in [0, 0.05) is 21.8 Å². The number of hydrogen-bond donors (Lipinski definition) is 1. The SMILES string of the molecule is CSC1(CNC(C)c2ccc(Br)cc2)CCC1.